The third-order valence-electron chi connectivity index (χ3n) is 3.86. The zero-order chi connectivity index (χ0) is 20.7. The van der Waals surface area contributed by atoms with Crippen LogP contribution in [0.2, 0.25) is 0 Å². The number of benzene rings is 2. The molecule has 0 unspecified atom stereocenters. The number of nitrogens with zero attached hydrogens (tertiary/aromatic N) is 1. The van der Waals surface area contributed by atoms with Gasteiger partial charge in [0.15, 0.2) is 0 Å². The van der Waals surface area contributed by atoms with E-state index >= 15 is 0 Å². The molecule has 0 radical (unpaired) electrons. The van der Waals surface area contributed by atoms with Crippen molar-refractivity contribution in [3.8, 4) is 0 Å². The summed E-state index contributed by atoms with van der Waals surface area (Å²) in [6.07, 6.45) is -4.45. The lowest BCUT2D eigenvalue weighted by molar-refractivity contribution is -0.384. The van der Waals surface area contributed by atoms with Gasteiger partial charge < -0.3 is 10.6 Å². The molecule has 0 heterocycles. The quantitative estimate of drug-likeness (QED) is 0.400. The molecule has 0 aromatic heterocycles. The first-order valence-corrected chi connectivity index (χ1v) is 8.28. The zero-order valence-corrected chi connectivity index (χ0v) is 14.6. The molecule has 0 fully saturated rings. The van der Waals surface area contributed by atoms with E-state index in [1.54, 1.807) is 18.2 Å². The Balaban J connectivity index is 1.84. The zero-order valence-electron chi connectivity index (χ0n) is 14.6. The molecule has 0 aliphatic heterocycles. The molecule has 28 heavy (non-hydrogen) atoms. The van der Waals surface area contributed by atoms with Crippen LogP contribution in [-0.2, 0) is 17.4 Å². The fourth-order valence-electron chi connectivity index (χ4n) is 2.45. The molecule has 6 nitrogen and oxygen atoms in total. The van der Waals surface area contributed by atoms with Crippen LogP contribution in [0.1, 0.15) is 17.5 Å². The van der Waals surface area contributed by atoms with E-state index in [4.69, 9.17) is 0 Å². The highest BCUT2D eigenvalue weighted by molar-refractivity contribution is 5.76. The number of hydrogen-bond donors (Lipinski definition) is 2. The summed E-state index contributed by atoms with van der Waals surface area (Å²) in [5.41, 5.74) is -1.51. The minimum Gasteiger partial charge on any atom is -0.379 e. The summed E-state index contributed by atoms with van der Waals surface area (Å²) >= 11 is 0. The molecule has 0 aliphatic carbocycles. The van der Waals surface area contributed by atoms with Crippen LogP contribution in [-0.4, -0.2) is 23.9 Å². The lowest BCUT2D eigenvalue weighted by Crippen LogP contribution is -2.27. The van der Waals surface area contributed by atoms with Gasteiger partial charge in [-0.3, -0.25) is 14.9 Å². The molecular weight excluding hydrogens is 382 g/mol. The number of rotatable bonds is 8. The number of nitrogens with one attached hydrogen (secondary N) is 2. The summed E-state index contributed by atoms with van der Waals surface area (Å²) < 4.78 is 51.5. The number of anilines is 1. The Kier molecular flexibility index (Phi) is 6.91. The van der Waals surface area contributed by atoms with Gasteiger partial charge in [-0.2, -0.15) is 13.2 Å². The third kappa shape index (κ3) is 5.93. The molecule has 0 bridgehead atoms. The third-order valence-corrected chi connectivity index (χ3v) is 3.86. The summed E-state index contributed by atoms with van der Waals surface area (Å²) in [4.78, 5) is 21.9. The van der Waals surface area contributed by atoms with Crippen LogP contribution >= 0.6 is 0 Å². The lowest BCUT2D eigenvalue weighted by atomic mass is 10.1. The molecule has 10 heteroatoms. The number of nitro groups is 1. The average molecular weight is 399 g/mol. The van der Waals surface area contributed by atoms with Crippen LogP contribution < -0.4 is 10.6 Å². The largest absolute Gasteiger partial charge is 0.416 e. The van der Waals surface area contributed by atoms with Crippen molar-refractivity contribution in [3.63, 3.8) is 0 Å². The van der Waals surface area contributed by atoms with Crippen molar-refractivity contribution in [1.29, 1.82) is 0 Å². The normalized spacial score (nSPS) is 11.1. The van der Waals surface area contributed by atoms with Crippen LogP contribution in [0.25, 0.3) is 0 Å². The minimum absolute atomic E-state index is 0.0161. The highest BCUT2D eigenvalue weighted by Gasteiger charge is 2.33. The molecule has 0 aliphatic rings. The molecular formula is C18H17F4N3O3. The number of hydrogen-bond acceptors (Lipinski definition) is 4. The summed E-state index contributed by atoms with van der Waals surface area (Å²) in [7, 11) is 0. The molecule has 0 atom stereocenters. The first-order valence-electron chi connectivity index (χ1n) is 8.28. The van der Waals surface area contributed by atoms with Crippen molar-refractivity contribution in [2.45, 2.75) is 19.0 Å². The maximum absolute atomic E-state index is 13.5. The fraction of sp³-hybridized carbons (Fsp3) is 0.278. The molecule has 2 N–H and O–H groups in total. The van der Waals surface area contributed by atoms with E-state index in [1.807, 2.05) is 0 Å². The second-order valence-corrected chi connectivity index (χ2v) is 5.85. The van der Waals surface area contributed by atoms with E-state index in [0.717, 1.165) is 12.1 Å². The van der Waals surface area contributed by atoms with Crippen molar-refractivity contribution in [3.05, 3.63) is 69.5 Å². The van der Waals surface area contributed by atoms with Crippen molar-refractivity contribution in [2.24, 2.45) is 0 Å². The topological polar surface area (TPSA) is 84.3 Å². The monoisotopic (exact) mass is 399 g/mol. The number of nitro benzene ring substituents is 1. The van der Waals surface area contributed by atoms with E-state index in [2.05, 4.69) is 10.6 Å². The van der Waals surface area contributed by atoms with Crippen molar-refractivity contribution >= 4 is 17.3 Å². The molecule has 1 amide bonds. The molecule has 2 rings (SSSR count). The highest BCUT2D eigenvalue weighted by atomic mass is 19.4. The van der Waals surface area contributed by atoms with Crippen LogP contribution in [0, 0.1) is 15.9 Å². The van der Waals surface area contributed by atoms with Gasteiger partial charge in [0.1, 0.15) is 11.5 Å². The summed E-state index contributed by atoms with van der Waals surface area (Å²) in [6, 6.07) is 8.28. The smallest absolute Gasteiger partial charge is 0.379 e. The molecule has 2 aromatic carbocycles. The van der Waals surface area contributed by atoms with Gasteiger partial charge in [-0.1, -0.05) is 18.2 Å². The standard InChI is InChI=1S/C18H17F4N3O3/c19-14-4-2-1-3-12(14)7-9-24-17(26)8-10-23-15-6-5-13(18(20,21)22)11-16(15)25(27)28/h1-6,11,23H,7-10H2,(H,24,26). The molecule has 0 saturated heterocycles. The average Bonchev–Trinajstić information content (AvgIpc) is 2.62. The number of amides is 1. The van der Waals surface area contributed by atoms with Gasteiger partial charge in [0.25, 0.3) is 5.69 Å². The second kappa shape index (κ2) is 9.16. The van der Waals surface area contributed by atoms with E-state index in [1.165, 1.54) is 6.07 Å². The SMILES string of the molecule is O=C(CCNc1ccc(C(F)(F)F)cc1[N+](=O)[O-])NCCc1ccccc1F. The number of halogens is 4. The fourth-order valence-corrected chi connectivity index (χ4v) is 2.45. The minimum atomic E-state index is -4.69. The van der Waals surface area contributed by atoms with E-state index in [9.17, 15) is 32.5 Å². The van der Waals surface area contributed by atoms with E-state index in [0.29, 0.717) is 18.1 Å². The van der Waals surface area contributed by atoms with Crippen LogP contribution in [0.15, 0.2) is 42.5 Å². The van der Waals surface area contributed by atoms with Crippen molar-refractivity contribution in [2.75, 3.05) is 18.4 Å². The Labute approximate surface area is 157 Å². The van der Waals surface area contributed by atoms with Crippen molar-refractivity contribution in [1.82, 2.24) is 5.32 Å². The summed E-state index contributed by atoms with van der Waals surface area (Å²) in [6.45, 7) is 0.192. The Morgan fingerprint density at radius 1 is 1.11 bits per heavy atom. The van der Waals surface area contributed by atoms with Gasteiger partial charge in [0.2, 0.25) is 5.91 Å². The number of carbonyl (C=O) groups is 1. The first kappa shape index (κ1) is 21.1. The van der Waals surface area contributed by atoms with Crippen LogP contribution in [0.5, 0.6) is 0 Å². The van der Waals surface area contributed by atoms with Crippen LogP contribution in [0.4, 0.5) is 28.9 Å². The molecule has 2 aromatic rings. The number of alkyl halides is 3. The van der Waals surface area contributed by atoms with E-state index in [-0.39, 0.29) is 36.9 Å². The molecule has 0 spiro atoms. The van der Waals surface area contributed by atoms with Gasteiger partial charge >= 0.3 is 6.18 Å². The van der Waals surface area contributed by atoms with Crippen LogP contribution in [0.3, 0.4) is 0 Å². The maximum atomic E-state index is 13.5. The van der Waals surface area contributed by atoms with Gasteiger partial charge in [0.05, 0.1) is 10.5 Å². The summed E-state index contributed by atoms with van der Waals surface area (Å²) in [5.74, 6) is -0.744. The Morgan fingerprint density at radius 3 is 2.46 bits per heavy atom. The first-order chi connectivity index (χ1) is 13.2. The molecule has 0 saturated carbocycles. The Hall–Kier alpha value is -3.17. The van der Waals surface area contributed by atoms with Gasteiger partial charge in [-0.15, -0.1) is 0 Å². The predicted molar refractivity (Wildman–Crippen MR) is 94.3 cm³/mol. The van der Waals surface area contributed by atoms with Crippen molar-refractivity contribution < 1.29 is 27.3 Å². The second-order valence-electron chi connectivity index (χ2n) is 5.85. The lowest BCUT2D eigenvalue weighted by Gasteiger charge is -2.11. The van der Waals surface area contributed by atoms with Gasteiger partial charge in [-0.25, -0.2) is 4.39 Å². The Morgan fingerprint density at radius 2 is 1.82 bits per heavy atom. The van der Waals surface area contributed by atoms with Gasteiger partial charge in [-0.05, 0) is 30.2 Å². The predicted octanol–water partition coefficient (Wildman–Crippen LogP) is 3.91. The molecule has 150 valence electrons. The number of carbonyl (C=O) groups excluding carboxylic acids is 1. The highest BCUT2D eigenvalue weighted by Crippen LogP contribution is 2.34. The summed E-state index contributed by atoms with van der Waals surface area (Å²) in [5, 5.41) is 16.2. The van der Waals surface area contributed by atoms with Gasteiger partial charge in [0, 0.05) is 25.6 Å². The maximum Gasteiger partial charge on any atom is 0.416 e. The van der Waals surface area contributed by atoms with E-state index < -0.39 is 22.4 Å². The Bertz CT molecular complexity index is 856.